The number of allylic oxidation sites excluding steroid dienone is 6. The molecule has 55 heavy (non-hydrogen) atoms. The highest BCUT2D eigenvalue weighted by molar-refractivity contribution is 5.99. The maximum absolute atomic E-state index is 3.92. The lowest BCUT2D eigenvalue weighted by atomic mass is 9.87. The summed E-state index contributed by atoms with van der Waals surface area (Å²) in [6.07, 6.45) is 16.1. The second-order valence-electron chi connectivity index (χ2n) is 13.6. The summed E-state index contributed by atoms with van der Waals surface area (Å²) >= 11 is 0. The van der Waals surface area contributed by atoms with E-state index < -0.39 is 0 Å². The van der Waals surface area contributed by atoms with E-state index in [2.05, 4.69) is 189 Å². The number of hydrogen-bond acceptors (Lipinski definition) is 1. The first-order valence-electron chi connectivity index (χ1n) is 19.1. The van der Waals surface area contributed by atoms with E-state index >= 15 is 0 Å². The molecule has 0 unspecified atom stereocenters. The average Bonchev–Trinajstić information content (AvgIpc) is 3.92. The summed E-state index contributed by atoms with van der Waals surface area (Å²) in [6.45, 7) is 17.7. The van der Waals surface area contributed by atoms with Crippen LogP contribution in [0.4, 0.5) is 5.69 Å². The molecular formula is C52H57N3. The zero-order valence-electron chi connectivity index (χ0n) is 33.5. The fraction of sp³-hybridized carbons (Fsp3) is 0.154. The molecule has 3 heteroatoms. The first-order valence-corrected chi connectivity index (χ1v) is 19.1. The van der Waals surface area contributed by atoms with Crippen LogP contribution < -0.4 is 5.32 Å². The number of rotatable bonds is 9. The standard InChI is InChI=1S/C40H33N.C5H8N2.C4H8.C3H8/c1-3-12-29(13-4-2)24-30-20-21-37(39(25-30)38-19-11-18-33-22-23-41-40(33)38)36-27-34(31-14-7-5-8-15-31)26-35(28-36)32-16-9-6-10-17-32;1-6-5-2-3-7-4-5;1-4(2)3;1-3-2/h3-23,25-28,41H,1,24H2,2H3;2-4,6-7H,1H3;1H2,2-3H3;3H2,1-2H3/b13-4-,29-12+;;;. The van der Waals surface area contributed by atoms with E-state index in [1.165, 1.54) is 73.0 Å². The molecule has 7 rings (SSSR count). The Morgan fingerprint density at radius 1 is 0.673 bits per heavy atom. The van der Waals surface area contributed by atoms with E-state index in [9.17, 15) is 0 Å². The van der Waals surface area contributed by atoms with Gasteiger partial charge in [0.15, 0.2) is 0 Å². The molecule has 0 spiro atoms. The molecule has 280 valence electrons. The highest BCUT2D eigenvalue weighted by atomic mass is 14.8. The van der Waals surface area contributed by atoms with Gasteiger partial charge in [-0.3, -0.25) is 0 Å². The molecule has 0 saturated heterocycles. The summed E-state index contributed by atoms with van der Waals surface area (Å²) in [5.74, 6) is 0. The van der Waals surface area contributed by atoms with E-state index in [1.54, 1.807) is 0 Å². The molecule has 0 aliphatic heterocycles. The minimum atomic E-state index is 0.837. The van der Waals surface area contributed by atoms with Gasteiger partial charge in [0.1, 0.15) is 0 Å². The number of H-pyrrole nitrogens is 2. The summed E-state index contributed by atoms with van der Waals surface area (Å²) in [6, 6.07) is 45.9. The van der Waals surface area contributed by atoms with Crippen LogP contribution in [-0.2, 0) is 6.42 Å². The Morgan fingerprint density at radius 2 is 1.29 bits per heavy atom. The van der Waals surface area contributed by atoms with Crippen molar-refractivity contribution in [3.63, 3.8) is 0 Å². The van der Waals surface area contributed by atoms with Crippen LogP contribution in [-0.4, -0.2) is 17.0 Å². The molecule has 2 heterocycles. The Kier molecular flexibility index (Phi) is 16.6. The molecule has 2 aromatic heterocycles. The number of benzene rings is 5. The van der Waals surface area contributed by atoms with Crippen molar-refractivity contribution in [3.8, 4) is 44.5 Å². The van der Waals surface area contributed by atoms with Gasteiger partial charge in [0.05, 0.1) is 11.2 Å². The normalized spacial score (nSPS) is 10.7. The average molecular weight is 724 g/mol. The third-order valence-electron chi connectivity index (χ3n) is 8.43. The smallest absolute Gasteiger partial charge is 0.0533 e. The van der Waals surface area contributed by atoms with Crippen LogP contribution in [0.5, 0.6) is 0 Å². The largest absolute Gasteiger partial charge is 0.387 e. The minimum Gasteiger partial charge on any atom is -0.387 e. The third-order valence-corrected chi connectivity index (χ3v) is 8.43. The highest BCUT2D eigenvalue weighted by Crippen LogP contribution is 2.40. The van der Waals surface area contributed by atoms with Crippen LogP contribution in [0.25, 0.3) is 55.4 Å². The van der Waals surface area contributed by atoms with Gasteiger partial charge in [0, 0.05) is 31.2 Å². The first-order chi connectivity index (χ1) is 26.8. The zero-order valence-corrected chi connectivity index (χ0v) is 33.5. The zero-order chi connectivity index (χ0) is 39.4. The topological polar surface area (TPSA) is 43.6 Å². The van der Waals surface area contributed by atoms with E-state index in [4.69, 9.17) is 0 Å². The summed E-state index contributed by atoms with van der Waals surface area (Å²) in [5.41, 5.74) is 15.6. The lowest BCUT2D eigenvalue weighted by molar-refractivity contribution is 1.09. The van der Waals surface area contributed by atoms with Gasteiger partial charge in [0.2, 0.25) is 0 Å². The Bertz CT molecular complexity index is 2210. The summed E-state index contributed by atoms with van der Waals surface area (Å²) in [4.78, 5) is 6.42. The Hall–Kier alpha value is -6.32. The number of hydrogen-bond donors (Lipinski definition) is 3. The van der Waals surface area contributed by atoms with E-state index in [1.807, 2.05) is 51.6 Å². The van der Waals surface area contributed by atoms with E-state index in [0.717, 1.165) is 17.6 Å². The lowest BCUT2D eigenvalue weighted by Gasteiger charge is -2.17. The molecule has 5 aromatic carbocycles. The molecule has 0 saturated carbocycles. The number of para-hydroxylation sites is 1. The van der Waals surface area contributed by atoms with Crippen molar-refractivity contribution in [3.05, 3.63) is 200 Å². The van der Waals surface area contributed by atoms with Gasteiger partial charge < -0.3 is 15.3 Å². The van der Waals surface area contributed by atoms with Gasteiger partial charge in [-0.05, 0) is 113 Å². The lowest BCUT2D eigenvalue weighted by Crippen LogP contribution is -1.94. The minimum absolute atomic E-state index is 0.837. The van der Waals surface area contributed by atoms with Gasteiger partial charge in [-0.15, -0.1) is 6.58 Å². The van der Waals surface area contributed by atoms with Gasteiger partial charge in [-0.1, -0.05) is 154 Å². The monoisotopic (exact) mass is 723 g/mol. The molecular weight excluding hydrogens is 667 g/mol. The van der Waals surface area contributed by atoms with Crippen LogP contribution in [0, 0.1) is 0 Å². The molecule has 3 N–H and O–H groups in total. The van der Waals surface area contributed by atoms with Crippen LogP contribution >= 0.6 is 0 Å². The van der Waals surface area contributed by atoms with Crippen LogP contribution in [0.15, 0.2) is 195 Å². The molecule has 7 aromatic rings. The molecule has 0 radical (unpaired) electrons. The third kappa shape index (κ3) is 12.4. The highest BCUT2D eigenvalue weighted by Gasteiger charge is 2.15. The Labute approximate surface area is 329 Å². The van der Waals surface area contributed by atoms with Crippen LogP contribution in [0.2, 0.25) is 0 Å². The number of aromatic amines is 2. The van der Waals surface area contributed by atoms with E-state index in [-0.39, 0.29) is 0 Å². The Balaban J connectivity index is 0.000000409. The summed E-state index contributed by atoms with van der Waals surface area (Å²) in [7, 11) is 1.89. The van der Waals surface area contributed by atoms with Crippen molar-refractivity contribution in [2.75, 3.05) is 12.4 Å². The number of nitrogens with one attached hydrogen (secondary N) is 3. The fourth-order valence-corrected chi connectivity index (χ4v) is 6.12. The maximum Gasteiger partial charge on any atom is 0.0533 e. The van der Waals surface area contributed by atoms with Crippen molar-refractivity contribution in [2.24, 2.45) is 0 Å². The molecule has 0 aliphatic rings. The molecule has 0 atom stereocenters. The molecule has 0 aliphatic carbocycles. The van der Waals surface area contributed by atoms with Crippen LogP contribution in [0.1, 0.15) is 46.6 Å². The van der Waals surface area contributed by atoms with Gasteiger partial charge in [0.25, 0.3) is 0 Å². The van der Waals surface area contributed by atoms with Gasteiger partial charge in [-0.25, -0.2) is 0 Å². The van der Waals surface area contributed by atoms with Crippen molar-refractivity contribution in [1.29, 1.82) is 0 Å². The maximum atomic E-state index is 3.92. The van der Waals surface area contributed by atoms with Crippen LogP contribution in [0.3, 0.4) is 0 Å². The predicted octanol–water partition coefficient (Wildman–Crippen LogP) is 15.1. The summed E-state index contributed by atoms with van der Waals surface area (Å²) < 4.78 is 0. The van der Waals surface area contributed by atoms with Crippen molar-refractivity contribution in [1.82, 2.24) is 9.97 Å². The molecule has 3 nitrogen and oxygen atoms in total. The number of anilines is 1. The SMILES string of the molecule is C=C(C)C.C=C/C=C(\C=C/C)Cc1ccc(-c2cc(-c3ccccc3)cc(-c3ccccc3)c2)c(-c2cccc3cc[nH]c23)c1.CCC.CNc1cc[nH]c1. The Morgan fingerprint density at radius 3 is 1.82 bits per heavy atom. The molecule has 0 fully saturated rings. The van der Waals surface area contributed by atoms with Gasteiger partial charge >= 0.3 is 0 Å². The van der Waals surface area contributed by atoms with Gasteiger partial charge in [-0.2, -0.15) is 0 Å². The quantitative estimate of drug-likeness (QED) is 0.101. The first kappa shape index (κ1) is 41.4. The molecule has 0 bridgehead atoms. The fourth-order valence-electron chi connectivity index (χ4n) is 6.12. The predicted molar refractivity (Wildman–Crippen MR) is 244 cm³/mol. The van der Waals surface area contributed by atoms with Crippen molar-refractivity contribution in [2.45, 2.75) is 47.5 Å². The second-order valence-corrected chi connectivity index (χ2v) is 13.6. The second kappa shape index (κ2) is 22.0. The number of aromatic nitrogens is 2. The van der Waals surface area contributed by atoms with Crippen molar-refractivity contribution >= 4 is 16.6 Å². The number of fused-ring (bicyclic) bond motifs is 1. The molecule has 0 amide bonds. The van der Waals surface area contributed by atoms with Crippen molar-refractivity contribution < 1.29 is 0 Å². The summed E-state index contributed by atoms with van der Waals surface area (Å²) in [5, 5.41) is 4.19. The van der Waals surface area contributed by atoms with E-state index in [0.29, 0.717) is 0 Å².